The van der Waals surface area contributed by atoms with Crippen LogP contribution < -0.4 is 0 Å². The van der Waals surface area contributed by atoms with E-state index in [1.54, 1.807) is 30.3 Å². The third-order valence-corrected chi connectivity index (χ3v) is 3.09. The monoisotopic (exact) mass is 254 g/mol. The van der Waals surface area contributed by atoms with Crippen LogP contribution in [0.25, 0.3) is 11.1 Å². The van der Waals surface area contributed by atoms with E-state index in [9.17, 15) is 4.39 Å². The SMILES string of the molecule is Cc1ccc(F)c(-c2ccc(Cl)c(Cl)c2)c1. The van der Waals surface area contributed by atoms with Gasteiger partial charge in [-0.3, -0.25) is 0 Å². The van der Waals surface area contributed by atoms with Crippen molar-refractivity contribution >= 4 is 23.2 Å². The number of aryl methyl sites for hydroxylation is 1. The van der Waals surface area contributed by atoms with Crippen LogP contribution in [0.5, 0.6) is 0 Å². The zero-order valence-corrected chi connectivity index (χ0v) is 10.1. The molecule has 0 fully saturated rings. The average molecular weight is 255 g/mol. The van der Waals surface area contributed by atoms with Gasteiger partial charge in [0.15, 0.2) is 0 Å². The van der Waals surface area contributed by atoms with Crippen LogP contribution in [-0.4, -0.2) is 0 Å². The smallest absolute Gasteiger partial charge is 0.131 e. The summed E-state index contributed by atoms with van der Waals surface area (Å²) in [5.74, 6) is -0.260. The summed E-state index contributed by atoms with van der Waals surface area (Å²) in [6.45, 7) is 1.92. The predicted molar refractivity (Wildman–Crippen MR) is 66.6 cm³/mol. The maximum Gasteiger partial charge on any atom is 0.131 e. The van der Waals surface area contributed by atoms with Crippen molar-refractivity contribution in [1.82, 2.24) is 0 Å². The Labute approximate surface area is 104 Å². The molecular weight excluding hydrogens is 246 g/mol. The highest BCUT2D eigenvalue weighted by molar-refractivity contribution is 6.42. The molecule has 0 spiro atoms. The molecule has 16 heavy (non-hydrogen) atoms. The Kier molecular flexibility index (Phi) is 3.17. The molecule has 0 unspecified atom stereocenters. The number of benzene rings is 2. The van der Waals surface area contributed by atoms with E-state index in [4.69, 9.17) is 23.2 Å². The second-order valence-corrected chi connectivity index (χ2v) is 4.43. The lowest BCUT2D eigenvalue weighted by molar-refractivity contribution is 0.631. The van der Waals surface area contributed by atoms with Gasteiger partial charge in [-0.1, -0.05) is 40.9 Å². The molecule has 0 amide bonds. The Bertz CT molecular complexity index is 535. The molecule has 2 rings (SSSR count). The Balaban J connectivity index is 2.58. The van der Waals surface area contributed by atoms with Gasteiger partial charge < -0.3 is 0 Å². The Hall–Kier alpha value is -1.05. The highest BCUT2D eigenvalue weighted by Gasteiger charge is 2.07. The number of halogens is 3. The molecule has 2 aromatic carbocycles. The lowest BCUT2D eigenvalue weighted by atomic mass is 10.0. The quantitative estimate of drug-likeness (QED) is 0.664. The summed E-state index contributed by atoms with van der Waals surface area (Å²) in [6, 6.07) is 10.1. The molecule has 3 heteroatoms. The fraction of sp³-hybridized carbons (Fsp3) is 0.0769. The van der Waals surface area contributed by atoms with Crippen molar-refractivity contribution in [1.29, 1.82) is 0 Å². The van der Waals surface area contributed by atoms with E-state index in [1.807, 2.05) is 6.92 Å². The van der Waals surface area contributed by atoms with Crippen molar-refractivity contribution in [3.63, 3.8) is 0 Å². The molecule has 0 nitrogen and oxygen atoms in total. The zero-order chi connectivity index (χ0) is 11.7. The predicted octanol–water partition coefficient (Wildman–Crippen LogP) is 5.11. The first-order valence-corrected chi connectivity index (χ1v) is 5.55. The van der Waals surface area contributed by atoms with Crippen LogP contribution in [0.3, 0.4) is 0 Å². The molecule has 0 bridgehead atoms. The van der Waals surface area contributed by atoms with E-state index < -0.39 is 0 Å². The summed E-state index contributed by atoms with van der Waals surface area (Å²) >= 11 is 11.7. The lowest BCUT2D eigenvalue weighted by Crippen LogP contribution is -1.86. The van der Waals surface area contributed by atoms with Crippen molar-refractivity contribution in [3.05, 3.63) is 57.8 Å². The number of rotatable bonds is 1. The second kappa shape index (κ2) is 4.44. The van der Waals surface area contributed by atoms with Crippen LogP contribution in [0.1, 0.15) is 5.56 Å². The first kappa shape index (κ1) is 11.4. The van der Waals surface area contributed by atoms with E-state index in [0.717, 1.165) is 11.1 Å². The molecule has 0 N–H and O–H groups in total. The van der Waals surface area contributed by atoms with Crippen molar-refractivity contribution in [2.24, 2.45) is 0 Å². The molecule has 0 atom stereocenters. The third kappa shape index (κ3) is 2.21. The van der Waals surface area contributed by atoms with Crippen LogP contribution in [0, 0.1) is 12.7 Å². The molecular formula is C13H9Cl2F. The topological polar surface area (TPSA) is 0 Å². The Morgan fingerprint density at radius 2 is 1.69 bits per heavy atom. The van der Waals surface area contributed by atoms with E-state index in [1.165, 1.54) is 6.07 Å². The lowest BCUT2D eigenvalue weighted by Gasteiger charge is -2.06. The van der Waals surface area contributed by atoms with Crippen molar-refractivity contribution in [2.45, 2.75) is 6.92 Å². The standard InChI is InChI=1S/C13H9Cl2F/c1-8-2-5-13(16)10(6-8)9-3-4-11(14)12(15)7-9/h2-7H,1H3. The van der Waals surface area contributed by atoms with Crippen LogP contribution in [0.4, 0.5) is 4.39 Å². The molecule has 0 saturated heterocycles. The summed E-state index contributed by atoms with van der Waals surface area (Å²) < 4.78 is 13.6. The maximum absolute atomic E-state index is 13.6. The van der Waals surface area contributed by atoms with E-state index in [-0.39, 0.29) is 5.82 Å². The Morgan fingerprint density at radius 3 is 2.38 bits per heavy atom. The van der Waals surface area contributed by atoms with Gasteiger partial charge in [0.2, 0.25) is 0 Å². The van der Waals surface area contributed by atoms with Crippen molar-refractivity contribution in [2.75, 3.05) is 0 Å². The normalized spacial score (nSPS) is 10.5. The first-order valence-electron chi connectivity index (χ1n) is 4.79. The van der Waals surface area contributed by atoms with Gasteiger partial charge in [0.05, 0.1) is 10.0 Å². The van der Waals surface area contributed by atoms with Gasteiger partial charge >= 0.3 is 0 Å². The maximum atomic E-state index is 13.6. The minimum absolute atomic E-state index is 0.260. The third-order valence-electron chi connectivity index (χ3n) is 2.35. The molecule has 0 aromatic heterocycles. The molecule has 0 radical (unpaired) electrons. The molecule has 0 saturated carbocycles. The largest absolute Gasteiger partial charge is 0.206 e. The number of hydrogen-bond acceptors (Lipinski definition) is 0. The first-order chi connectivity index (χ1) is 7.58. The second-order valence-electron chi connectivity index (χ2n) is 3.61. The average Bonchev–Trinajstić information content (AvgIpc) is 2.26. The fourth-order valence-corrected chi connectivity index (χ4v) is 1.82. The Morgan fingerprint density at radius 1 is 0.938 bits per heavy atom. The molecule has 82 valence electrons. The zero-order valence-electron chi connectivity index (χ0n) is 8.60. The van der Waals surface area contributed by atoms with Crippen molar-refractivity contribution in [3.8, 4) is 11.1 Å². The summed E-state index contributed by atoms with van der Waals surface area (Å²) in [6.07, 6.45) is 0. The van der Waals surface area contributed by atoms with Gasteiger partial charge in [-0.2, -0.15) is 0 Å². The summed E-state index contributed by atoms with van der Waals surface area (Å²) in [4.78, 5) is 0. The molecule has 0 heterocycles. The summed E-state index contributed by atoms with van der Waals surface area (Å²) in [7, 11) is 0. The van der Waals surface area contributed by atoms with Gasteiger partial charge in [-0.05, 0) is 36.8 Å². The minimum Gasteiger partial charge on any atom is -0.206 e. The van der Waals surface area contributed by atoms with Crippen molar-refractivity contribution < 1.29 is 4.39 Å². The van der Waals surface area contributed by atoms with E-state index in [2.05, 4.69) is 0 Å². The highest BCUT2D eigenvalue weighted by Crippen LogP contribution is 2.30. The minimum atomic E-state index is -0.260. The van der Waals surface area contributed by atoms with Crippen LogP contribution >= 0.6 is 23.2 Å². The van der Waals surface area contributed by atoms with E-state index in [0.29, 0.717) is 15.6 Å². The molecule has 2 aromatic rings. The van der Waals surface area contributed by atoms with Gasteiger partial charge in [-0.15, -0.1) is 0 Å². The summed E-state index contributed by atoms with van der Waals surface area (Å²) in [5.41, 5.74) is 2.27. The summed E-state index contributed by atoms with van der Waals surface area (Å²) in [5, 5.41) is 0.901. The highest BCUT2D eigenvalue weighted by atomic mass is 35.5. The molecule has 0 aliphatic carbocycles. The van der Waals surface area contributed by atoms with Crippen LogP contribution in [0.2, 0.25) is 10.0 Å². The van der Waals surface area contributed by atoms with E-state index >= 15 is 0 Å². The van der Waals surface area contributed by atoms with Gasteiger partial charge in [0, 0.05) is 5.56 Å². The van der Waals surface area contributed by atoms with Crippen LogP contribution in [0.15, 0.2) is 36.4 Å². The van der Waals surface area contributed by atoms with Gasteiger partial charge in [0.1, 0.15) is 5.82 Å². The van der Waals surface area contributed by atoms with Gasteiger partial charge in [-0.25, -0.2) is 4.39 Å². The molecule has 0 aliphatic rings. The number of hydrogen-bond donors (Lipinski definition) is 0. The fourth-order valence-electron chi connectivity index (χ4n) is 1.52. The molecule has 0 aliphatic heterocycles. The van der Waals surface area contributed by atoms with Crippen LogP contribution in [-0.2, 0) is 0 Å². The van der Waals surface area contributed by atoms with Gasteiger partial charge in [0.25, 0.3) is 0 Å².